The van der Waals surface area contributed by atoms with Gasteiger partial charge in [-0.05, 0) is 73.7 Å². The predicted octanol–water partition coefficient (Wildman–Crippen LogP) is 6.06. The van der Waals surface area contributed by atoms with E-state index in [4.69, 9.17) is 9.40 Å². The maximum Gasteiger partial charge on any atom is 0.255 e. The fourth-order valence-electron chi connectivity index (χ4n) is 4.33. The summed E-state index contributed by atoms with van der Waals surface area (Å²) in [5.74, 6) is -0.354. The number of hydrogen-bond acceptors (Lipinski definition) is 6. The van der Waals surface area contributed by atoms with E-state index in [-0.39, 0.29) is 17.6 Å². The van der Waals surface area contributed by atoms with Gasteiger partial charge in [0.25, 0.3) is 5.91 Å². The highest BCUT2D eigenvalue weighted by molar-refractivity contribution is 6.11. The van der Waals surface area contributed by atoms with Crippen LogP contribution in [0.3, 0.4) is 0 Å². The lowest BCUT2D eigenvalue weighted by Crippen LogP contribution is -2.40. The summed E-state index contributed by atoms with van der Waals surface area (Å²) in [5, 5.41) is 26.2. The van der Waals surface area contributed by atoms with Crippen molar-refractivity contribution in [2.45, 2.75) is 51.8 Å². The lowest BCUT2D eigenvalue weighted by Gasteiger charge is -2.23. The molecule has 0 aliphatic carbocycles. The maximum atomic E-state index is 13.6. The molecule has 0 saturated carbocycles. The van der Waals surface area contributed by atoms with Crippen LogP contribution < -0.4 is 10.6 Å². The molecule has 38 heavy (non-hydrogen) atoms. The average Bonchev–Trinajstić information content (AvgIpc) is 3.30. The molecule has 0 fully saturated rings. The quantitative estimate of drug-likeness (QED) is 0.247. The molecule has 2 atom stereocenters. The molecule has 4 aromatic rings. The second kappa shape index (κ2) is 10.7. The number of hydrogen-bond donors (Lipinski definition) is 3. The van der Waals surface area contributed by atoms with Gasteiger partial charge in [0.1, 0.15) is 23.3 Å². The van der Waals surface area contributed by atoms with E-state index in [1.54, 1.807) is 32.0 Å². The maximum absolute atomic E-state index is 13.6. The third-order valence-electron chi connectivity index (χ3n) is 6.64. The van der Waals surface area contributed by atoms with Gasteiger partial charge in [0.2, 0.25) is 5.71 Å². The summed E-state index contributed by atoms with van der Waals surface area (Å²) in [5.41, 5.74) is 3.25. The van der Waals surface area contributed by atoms with E-state index in [0.29, 0.717) is 33.6 Å². The topological polar surface area (TPSA) is 111 Å². The highest BCUT2D eigenvalue weighted by Crippen LogP contribution is 2.39. The van der Waals surface area contributed by atoms with Crippen LogP contribution in [0.25, 0.3) is 33.6 Å². The molecule has 0 spiro atoms. The number of benzene rings is 2. The van der Waals surface area contributed by atoms with Gasteiger partial charge in [-0.1, -0.05) is 32.0 Å². The zero-order chi connectivity index (χ0) is 27.6. The molecule has 196 valence electrons. The molecule has 3 N–H and O–H groups in total. The lowest BCUT2D eigenvalue weighted by atomic mass is 9.92. The van der Waals surface area contributed by atoms with Gasteiger partial charge in [0.15, 0.2) is 0 Å². The second-order valence-electron chi connectivity index (χ2n) is 9.88. The smallest absolute Gasteiger partial charge is 0.255 e. The molecule has 0 aliphatic heterocycles. The first-order valence-corrected chi connectivity index (χ1v) is 12.5. The fraction of sp³-hybridized carbons (Fsp3) is 0.300. The average molecular weight is 515 g/mol. The lowest BCUT2D eigenvalue weighted by molar-refractivity contribution is 0.0964. The van der Waals surface area contributed by atoms with Gasteiger partial charge in [-0.2, -0.15) is 5.26 Å². The largest absolute Gasteiger partial charge is 0.437 e. The molecule has 0 aliphatic rings. The summed E-state index contributed by atoms with van der Waals surface area (Å²) < 4.78 is 19.7. The Balaban J connectivity index is 1.93. The molecule has 7 nitrogen and oxygen atoms in total. The number of halogens is 1. The highest BCUT2D eigenvalue weighted by atomic mass is 19.1. The Kier molecular flexibility index (Phi) is 7.63. The molecule has 0 saturated heterocycles. The summed E-state index contributed by atoms with van der Waals surface area (Å²) >= 11 is 0. The minimum Gasteiger partial charge on any atom is -0.437 e. The minimum atomic E-state index is -1.06. The third-order valence-corrected chi connectivity index (χ3v) is 6.64. The van der Waals surface area contributed by atoms with Crippen molar-refractivity contribution in [1.82, 2.24) is 15.6 Å². The van der Waals surface area contributed by atoms with Crippen molar-refractivity contribution in [3.05, 3.63) is 77.2 Å². The van der Waals surface area contributed by atoms with Crippen molar-refractivity contribution in [3.63, 3.8) is 0 Å². The summed E-state index contributed by atoms with van der Waals surface area (Å²) in [6.07, 6.45) is -0.242. The third kappa shape index (κ3) is 5.30. The fourth-order valence-corrected chi connectivity index (χ4v) is 4.33. The van der Waals surface area contributed by atoms with Crippen molar-refractivity contribution < 1.29 is 18.7 Å². The molecular weight excluding hydrogens is 483 g/mol. The number of carbonyl (C=O) groups excluding carboxylic acids is 1. The van der Waals surface area contributed by atoms with Gasteiger partial charge in [-0.15, -0.1) is 0 Å². The molecular formula is C30H31FN4O3. The molecule has 2 heterocycles. The van der Waals surface area contributed by atoms with Crippen LogP contribution in [0.15, 0.2) is 59.0 Å². The van der Waals surface area contributed by atoms with Crippen LogP contribution in [0.5, 0.6) is 0 Å². The van der Waals surface area contributed by atoms with E-state index in [1.165, 1.54) is 19.2 Å². The Labute approximate surface area is 221 Å². The van der Waals surface area contributed by atoms with Crippen molar-refractivity contribution in [2.24, 2.45) is 0 Å². The summed E-state index contributed by atoms with van der Waals surface area (Å²) in [7, 11) is 1.54. The molecule has 0 bridgehead atoms. The van der Waals surface area contributed by atoms with Crippen molar-refractivity contribution in [3.8, 4) is 28.5 Å². The molecule has 2 unspecified atom stereocenters. The highest BCUT2D eigenvalue weighted by Gasteiger charge is 2.26. The monoisotopic (exact) mass is 514 g/mol. The normalized spacial score (nSPS) is 13.2. The summed E-state index contributed by atoms with van der Waals surface area (Å²) in [4.78, 5) is 17.9. The SMILES string of the molecule is CCC(C)c1nc2oc(-c3ccc(F)cc3)c(C(=O)NC)c2cc1-c1cccc(C(O)NC(C)(C)C#N)c1. The first-order chi connectivity index (χ1) is 18.1. The molecule has 1 amide bonds. The summed E-state index contributed by atoms with van der Waals surface area (Å²) in [6, 6.07) is 17.2. The Morgan fingerprint density at radius 1 is 1.18 bits per heavy atom. The summed E-state index contributed by atoms with van der Waals surface area (Å²) in [6.45, 7) is 7.51. The minimum absolute atomic E-state index is 0.0708. The van der Waals surface area contributed by atoms with E-state index >= 15 is 0 Å². The number of fused-ring (bicyclic) bond motifs is 1. The number of nitriles is 1. The number of amides is 1. The Bertz CT molecular complexity index is 1520. The van der Waals surface area contributed by atoms with Crippen LogP contribution in [-0.2, 0) is 0 Å². The van der Waals surface area contributed by atoms with Crippen LogP contribution in [0.4, 0.5) is 4.39 Å². The van der Waals surface area contributed by atoms with Gasteiger partial charge >= 0.3 is 0 Å². The number of furan rings is 1. The zero-order valence-electron chi connectivity index (χ0n) is 22.1. The Hall–Kier alpha value is -4.06. The van der Waals surface area contributed by atoms with Crippen molar-refractivity contribution in [2.75, 3.05) is 7.05 Å². The number of aromatic nitrogens is 1. The molecule has 2 aromatic heterocycles. The van der Waals surface area contributed by atoms with E-state index in [9.17, 15) is 19.6 Å². The first-order valence-electron chi connectivity index (χ1n) is 12.5. The second-order valence-corrected chi connectivity index (χ2v) is 9.88. The number of aliphatic hydroxyl groups excluding tert-OH is 1. The van der Waals surface area contributed by atoms with E-state index < -0.39 is 11.8 Å². The molecule has 8 heteroatoms. The Morgan fingerprint density at radius 2 is 1.89 bits per heavy atom. The van der Waals surface area contributed by atoms with Crippen molar-refractivity contribution in [1.29, 1.82) is 5.26 Å². The van der Waals surface area contributed by atoms with Gasteiger partial charge in [0.05, 0.1) is 22.7 Å². The number of nitrogens with one attached hydrogen (secondary N) is 2. The number of rotatable bonds is 8. The van der Waals surface area contributed by atoms with Crippen LogP contribution in [-0.4, -0.2) is 28.6 Å². The van der Waals surface area contributed by atoms with Crippen LogP contribution in [0, 0.1) is 17.1 Å². The molecule has 2 aromatic carbocycles. The van der Waals surface area contributed by atoms with Crippen LogP contribution in [0.1, 0.15) is 67.9 Å². The van der Waals surface area contributed by atoms with Crippen molar-refractivity contribution >= 4 is 17.0 Å². The molecule has 4 rings (SSSR count). The van der Waals surface area contributed by atoms with E-state index in [2.05, 4.69) is 30.6 Å². The van der Waals surface area contributed by atoms with Crippen LogP contribution >= 0.6 is 0 Å². The number of carbonyl (C=O) groups is 1. The standard InChI is InChI=1S/C30H31FN4O3/c1-6-17(2)25-22(19-8-7-9-20(14-19)27(36)35-30(3,4)16-32)15-23-24(28(37)33-5)26(38-29(23)34-25)18-10-12-21(31)13-11-18/h7-15,17,27,35-36H,6H2,1-5H3,(H,33,37). The zero-order valence-corrected chi connectivity index (χ0v) is 22.1. The predicted molar refractivity (Wildman–Crippen MR) is 145 cm³/mol. The van der Waals surface area contributed by atoms with Gasteiger partial charge in [-0.25, -0.2) is 9.37 Å². The van der Waals surface area contributed by atoms with Crippen LogP contribution in [0.2, 0.25) is 0 Å². The van der Waals surface area contributed by atoms with Gasteiger partial charge in [0, 0.05) is 18.2 Å². The van der Waals surface area contributed by atoms with Gasteiger partial charge < -0.3 is 14.8 Å². The number of nitrogens with zero attached hydrogens (tertiary/aromatic N) is 2. The first kappa shape index (κ1) is 27.0. The Morgan fingerprint density at radius 3 is 2.53 bits per heavy atom. The van der Waals surface area contributed by atoms with E-state index in [0.717, 1.165) is 23.2 Å². The molecule has 0 radical (unpaired) electrons. The van der Waals surface area contributed by atoms with Gasteiger partial charge in [-0.3, -0.25) is 10.1 Å². The number of aliphatic hydroxyl groups is 1. The van der Waals surface area contributed by atoms with E-state index in [1.807, 2.05) is 24.3 Å². The number of pyridine rings is 1.